The quantitative estimate of drug-likeness (QED) is 0.179. The lowest BCUT2D eigenvalue weighted by atomic mass is 10.1. The number of aromatic nitrogens is 1. The zero-order valence-electron chi connectivity index (χ0n) is 22.3. The minimum absolute atomic E-state index is 0.0820. The van der Waals surface area contributed by atoms with Crippen LogP contribution in [-0.2, 0) is 32.0 Å². The Morgan fingerprint density at radius 2 is 1.70 bits per heavy atom. The number of hydrogen-bond donors (Lipinski definition) is 5. The maximum atomic E-state index is 13.2. The van der Waals surface area contributed by atoms with Crippen LogP contribution in [0.15, 0.2) is 48.7 Å². The van der Waals surface area contributed by atoms with Crippen molar-refractivity contribution in [2.45, 2.75) is 64.0 Å². The molecule has 1 heterocycles. The maximum absolute atomic E-state index is 13.2. The van der Waals surface area contributed by atoms with Gasteiger partial charge in [0.2, 0.25) is 17.7 Å². The summed E-state index contributed by atoms with van der Waals surface area (Å²) in [6.45, 7) is 2.36. The van der Waals surface area contributed by atoms with E-state index in [4.69, 9.17) is 28.3 Å². The highest BCUT2D eigenvalue weighted by molar-refractivity contribution is 6.42. The minimum Gasteiger partial charge on any atom is -0.481 e. The number of carbonyl (C=O) groups excluding carboxylic acids is 3. The monoisotopic (exact) mass is 588 g/mol. The van der Waals surface area contributed by atoms with Crippen molar-refractivity contribution in [2.24, 2.45) is 0 Å². The van der Waals surface area contributed by atoms with Crippen molar-refractivity contribution >= 4 is 57.8 Å². The highest BCUT2D eigenvalue weighted by Crippen LogP contribution is 2.23. The van der Waals surface area contributed by atoms with Crippen LogP contribution in [-0.4, -0.2) is 52.4 Å². The molecule has 0 bridgehead atoms. The molecule has 0 aliphatic heterocycles. The van der Waals surface area contributed by atoms with Gasteiger partial charge in [-0.15, -0.1) is 0 Å². The fourth-order valence-corrected chi connectivity index (χ4v) is 4.67. The molecule has 1 aromatic heterocycles. The van der Waals surface area contributed by atoms with E-state index in [-0.39, 0.29) is 25.2 Å². The first-order valence-corrected chi connectivity index (χ1v) is 14.0. The Kier molecular flexibility index (Phi) is 11.8. The van der Waals surface area contributed by atoms with Gasteiger partial charge in [-0.3, -0.25) is 19.2 Å². The molecule has 2 aromatic carbocycles. The molecule has 0 saturated carbocycles. The van der Waals surface area contributed by atoms with Crippen molar-refractivity contribution in [3.05, 3.63) is 69.8 Å². The van der Waals surface area contributed by atoms with Crippen molar-refractivity contribution in [3.8, 4) is 0 Å². The average molecular weight is 590 g/mol. The summed E-state index contributed by atoms with van der Waals surface area (Å²) in [7, 11) is 0. The number of nitrogens with one attached hydrogen (secondary N) is 4. The number of unbranched alkanes of at least 4 members (excludes halogenated alkanes) is 1. The summed E-state index contributed by atoms with van der Waals surface area (Å²) in [5.74, 6) is -2.54. The normalized spacial score (nSPS) is 12.5. The second-order valence-electron chi connectivity index (χ2n) is 9.58. The van der Waals surface area contributed by atoms with Gasteiger partial charge in [0, 0.05) is 30.1 Å². The van der Waals surface area contributed by atoms with Gasteiger partial charge >= 0.3 is 5.97 Å². The molecular weight excluding hydrogens is 555 g/mol. The van der Waals surface area contributed by atoms with Gasteiger partial charge in [-0.1, -0.05) is 67.2 Å². The number of H-pyrrole nitrogens is 1. The van der Waals surface area contributed by atoms with E-state index in [0.29, 0.717) is 41.4 Å². The number of halogens is 2. The summed E-state index contributed by atoms with van der Waals surface area (Å²) in [5, 5.41) is 19.1. The lowest BCUT2D eigenvalue weighted by molar-refractivity contribution is -0.138. The maximum Gasteiger partial charge on any atom is 0.303 e. The van der Waals surface area contributed by atoms with Crippen LogP contribution >= 0.6 is 23.2 Å². The highest BCUT2D eigenvalue weighted by Gasteiger charge is 2.27. The number of amides is 3. The standard InChI is InChI=1S/C29H34Cl2N4O5/c1-2-3-7-24(28(39)32-14-13-19-17-33-23-8-5-4-6-20(19)23)35-29(40)25(11-12-27(37)38)34-26(36)16-18-9-10-21(30)22(31)15-18/h4-6,8-10,15,17,24-25,33H,2-3,7,11-14,16H2,1H3,(H,32,39)(H,34,36)(H,35,40)(H,37,38). The van der Waals surface area contributed by atoms with Gasteiger partial charge in [0.1, 0.15) is 12.1 Å². The summed E-state index contributed by atoms with van der Waals surface area (Å²) in [4.78, 5) is 53.4. The van der Waals surface area contributed by atoms with E-state index in [2.05, 4.69) is 20.9 Å². The van der Waals surface area contributed by atoms with Gasteiger partial charge in [0.05, 0.1) is 16.5 Å². The SMILES string of the molecule is CCCCC(NC(=O)C(CCC(=O)O)NC(=O)Cc1ccc(Cl)c(Cl)c1)C(=O)NCCc1c[nH]c2ccccc12. The predicted molar refractivity (Wildman–Crippen MR) is 155 cm³/mol. The molecule has 0 spiro atoms. The fourth-order valence-electron chi connectivity index (χ4n) is 4.35. The summed E-state index contributed by atoms with van der Waals surface area (Å²) in [5.41, 5.74) is 2.67. The van der Waals surface area contributed by atoms with Crippen LogP contribution in [0.25, 0.3) is 10.9 Å². The smallest absolute Gasteiger partial charge is 0.303 e. The van der Waals surface area contributed by atoms with Gasteiger partial charge < -0.3 is 26.0 Å². The number of carboxylic acid groups (broad SMARTS) is 1. The van der Waals surface area contributed by atoms with Crippen LogP contribution in [0, 0.1) is 0 Å². The summed E-state index contributed by atoms with van der Waals surface area (Å²) in [6, 6.07) is 10.7. The first-order chi connectivity index (χ1) is 19.2. The lowest BCUT2D eigenvalue weighted by Gasteiger charge is -2.23. The predicted octanol–water partition coefficient (Wildman–Crippen LogP) is 4.40. The number of hydrogen-bond acceptors (Lipinski definition) is 4. The second kappa shape index (κ2) is 15.3. The summed E-state index contributed by atoms with van der Waals surface area (Å²) in [6.07, 6.45) is 3.91. The zero-order valence-corrected chi connectivity index (χ0v) is 23.8. The van der Waals surface area contributed by atoms with E-state index in [9.17, 15) is 19.2 Å². The van der Waals surface area contributed by atoms with Crippen molar-refractivity contribution in [1.82, 2.24) is 20.9 Å². The minimum atomic E-state index is -1.13. The number of fused-ring (bicyclic) bond motifs is 1. The molecule has 0 aliphatic rings. The number of aliphatic carboxylic acids is 1. The molecule has 214 valence electrons. The van der Waals surface area contributed by atoms with Crippen LogP contribution in [0.3, 0.4) is 0 Å². The van der Waals surface area contributed by atoms with Crippen molar-refractivity contribution in [2.75, 3.05) is 6.54 Å². The Balaban J connectivity index is 1.62. The number of benzene rings is 2. The van der Waals surface area contributed by atoms with Gasteiger partial charge in [0.15, 0.2) is 0 Å². The van der Waals surface area contributed by atoms with E-state index >= 15 is 0 Å². The van der Waals surface area contributed by atoms with E-state index in [1.165, 1.54) is 0 Å². The van der Waals surface area contributed by atoms with Gasteiger partial charge in [-0.05, 0) is 48.6 Å². The molecule has 0 aliphatic carbocycles. The molecule has 9 nitrogen and oxygen atoms in total. The lowest BCUT2D eigenvalue weighted by Crippen LogP contribution is -2.54. The van der Waals surface area contributed by atoms with E-state index < -0.39 is 29.9 Å². The number of rotatable bonds is 15. The zero-order chi connectivity index (χ0) is 29.1. The van der Waals surface area contributed by atoms with Crippen molar-refractivity contribution in [1.29, 1.82) is 0 Å². The van der Waals surface area contributed by atoms with E-state index in [1.54, 1.807) is 18.2 Å². The number of para-hydroxylation sites is 1. The molecule has 40 heavy (non-hydrogen) atoms. The van der Waals surface area contributed by atoms with Crippen LogP contribution < -0.4 is 16.0 Å². The van der Waals surface area contributed by atoms with Crippen LogP contribution in [0.2, 0.25) is 10.0 Å². The first kappa shape index (κ1) is 31.0. The summed E-state index contributed by atoms with van der Waals surface area (Å²) >= 11 is 12.0. The third-order valence-corrected chi connectivity index (χ3v) is 7.23. The highest BCUT2D eigenvalue weighted by atomic mass is 35.5. The van der Waals surface area contributed by atoms with Crippen molar-refractivity contribution in [3.63, 3.8) is 0 Å². The van der Waals surface area contributed by atoms with Crippen LogP contribution in [0.5, 0.6) is 0 Å². The fraction of sp³-hybridized carbons (Fsp3) is 0.379. The molecule has 0 saturated heterocycles. The Bertz CT molecular complexity index is 1340. The third-order valence-electron chi connectivity index (χ3n) is 6.50. The summed E-state index contributed by atoms with van der Waals surface area (Å²) < 4.78 is 0. The van der Waals surface area contributed by atoms with Crippen LogP contribution in [0.4, 0.5) is 0 Å². The Labute approximate surface area is 243 Å². The number of carbonyl (C=O) groups is 4. The molecule has 0 fully saturated rings. The van der Waals surface area contributed by atoms with E-state index in [0.717, 1.165) is 22.9 Å². The third kappa shape index (κ3) is 9.27. The number of aromatic amines is 1. The molecule has 11 heteroatoms. The molecule has 3 rings (SSSR count). The largest absolute Gasteiger partial charge is 0.481 e. The molecule has 0 radical (unpaired) electrons. The molecule has 5 N–H and O–H groups in total. The Morgan fingerprint density at radius 3 is 2.42 bits per heavy atom. The van der Waals surface area contributed by atoms with Gasteiger partial charge in [-0.25, -0.2) is 0 Å². The molecule has 3 aromatic rings. The van der Waals surface area contributed by atoms with Crippen LogP contribution in [0.1, 0.15) is 50.2 Å². The first-order valence-electron chi connectivity index (χ1n) is 13.3. The van der Waals surface area contributed by atoms with Gasteiger partial charge in [-0.2, -0.15) is 0 Å². The average Bonchev–Trinajstić information content (AvgIpc) is 3.33. The molecule has 2 atom stereocenters. The molecule has 2 unspecified atom stereocenters. The Hall–Kier alpha value is -3.56. The topological polar surface area (TPSA) is 140 Å². The van der Waals surface area contributed by atoms with Gasteiger partial charge in [0.25, 0.3) is 0 Å². The Morgan fingerprint density at radius 1 is 0.950 bits per heavy atom. The van der Waals surface area contributed by atoms with E-state index in [1.807, 2.05) is 37.4 Å². The number of carboxylic acids is 1. The molecule has 3 amide bonds. The molecular formula is C29H34Cl2N4O5. The van der Waals surface area contributed by atoms with Crippen molar-refractivity contribution < 1.29 is 24.3 Å². The second-order valence-corrected chi connectivity index (χ2v) is 10.4.